The van der Waals surface area contributed by atoms with Gasteiger partial charge in [0.1, 0.15) is 0 Å². The van der Waals surface area contributed by atoms with Crippen molar-refractivity contribution in [3.63, 3.8) is 0 Å². The van der Waals surface area contributed by atoms with Crippen LogP contribution in [-0.4, -0.2) is 16.0 Å². The second kappa shape index (κ2) is 2.85. The highest BCUT2D eigenvalue weighted by Crippen LogP contribution is 1.97. The van der Waals surface area contributed by atoms with E-state index in [1.54, 1.807) is 0 Å². The Labute approximate surface area is 56.8 Å². The molecule has 1 rings (SSSR count). The zero-order valence-electron chi connectivity index (χ0n) is 5.03. The SMILES string of the molecule is [N-]=[N+]=Cc1ncccc1F. The first kappa shape index (κ1) is 6.58. The van der Waals surface area contributed by atoms with Crippen LogP contribution < -0.4 is 0 Å². The zero-order valence-corrected chi connectivity index (χ0v) is 5.03. The van der Waals surface area contributed by atoms with Gasteiger partial charge in [-0.2, -0.15) is 4.79 Å². The summed E-state index contributed by atoms with van der Waals surface area (Å²) in [6, 6.07) is 2.70. The fourth-order valence-corrected chi connectivity index (χ4v) is 0.548. The third-order valence-corrected chi connectivity index (χ3v) is 0.967. The van der Waals surface area contributed by atoms with Crippen molar-refractivity contribution >= 4 is 6.21 Å². The maximum Gasteiger partial charge on any atom is 0.309 e. The second-order valence-corrected chi connectivity index (χ2v) is 1.62. The van der Waals surface area contributed by atoms with Crippen LogP contribution in [0.15, 0.2) is 18.3 Å². The Morgan fingerprint density at radius 1 is 1.70 bits per heavy atom. The van der Waals surface area contributed by atoms with Crippen LogP contribution in [0.3, 0.4) is 0 Å². The monoisotopic (exact) mass is 137 g/mol. The molecule has 0 aromatic carbocycles. The molecule has 0 saturated carbocycles. The van der Waals surface area contributed by atoms with Crippen molar-refractivity contribution in [2.45, 2.75) is 0 Å². The Balaban J connectivity index is 3.14. The Morgan fingerprint density at radius 2 is 2.50 bits per heavy atom. The van der Waals surface area contributed by atoms with Crippen LogP contribution in [0.4, 0.5) is 4.39 Å². The van der Waals surface area contributed by atoms with Crippen LogP contribution in [0, 0.1) is 5.82 Å². The van der Waals surface area contributed by atoms with Crippen LogP contribution >= 0.6 is 0 Å². The molecular formula is C6H4FN3. The summed E-state index contributed by atoms with van der Waals surface area (Å²) in [6.07, 6.45) is 2.36. The predicted octanol–water partition coefficient (Wildman–Crippen LogP) is 0.869. The first-order valence-corrected chi connectivity index (χ1v) is 2.62. The van der Waals surface area contributed by atoms with E-state index in [0.717, 1.165) is 6.21 Å². The Bertz CT molecular complexity index is 278. The topological polar surface area (TPSA) is 49.3 Å². The molecule has 1 aromatic heterocycles. The number of halogens is 1. The van der Waals surface area contributed by atoms with Gasteiger partial charge in [-0.15, -0.1) is 0 Å². The van der Waals surface area contributed by atoms with Gasteiger partial charge in [-0.05, 0) is 12.1 Å². The van der Waals surface area contributed by atoms with Crippen LogP contribution in [0.25, 0.3) is 5.53 Å². The van der Waals surface area contributed by atoms with E-state index in [2.05, 4.69) is 9.77 Å². The summed E-state index contributed by atoms with van der Waals surface area (Å²) in [6.45, 7) is 0. The summed E-state index contributed by atoms with van der Waals surface area (Å²) in [5.74, 6) is -0.500. The van der Waals surface area contributed by atoms with E-state index >= 15 is 0 Å². The lowest BCUT2D eigenvalue weighted by molar-refractivity contribution is 0.00403. The van der Waals surface area contributed by atoms with Gasteiger partial charge in [0.25, 0.3) is 0 Å². The smallest absolute Gasteiger partial charge is 0.309 e. The first-order valence-electron chi connectivity index (χ1n) is 2.62. The molecule has 10 heavy (non-hydrogen) atoms. The normalized spacial score (nSPS) is 8.50. The van der Waals surface area contributed by atoms with Gasteiger partial charge in [0.15, 0.2) is 11.5 Å². The highest BCUT2D eigenvalue weighted by Gasteiger charge is 2.00. The minimum Gasteiger partial charge on any atom is -0.361 e. The Morgan fingerprint density at radius 3 is 3.10 bits per heavy atom. The van der Waals surface area contributed by atoms with Gasteiger partial charge >= 0.3 is 6.21 Å². The van der Waals surface area contributed by atoms with Crippen molar-refractivity contribution in [3.8, 4) is 0 Å². The molecule has 0 N–H and O–H groups in total. The molecule has 50 valence electrons. The molecule has 0 aliphatic heterocycles. The molecular weight excluding hydrogens is 133 g/mol. The van der Waals surface area contributed by atoms with E-state index in [0.29, 0.717) is 0 Å². The summed E-state index contributed by atoms with van der Waals surface area (Å²) >= 11 is 0. The number of pyridine rings is 1. The van der Waals surface area contributed by atoms with Crippen LogP contribution in [-0.2, 0) is 0 Å². The van der Waals surface area contributed by atoms with Crippen LogP contribution in [0.2, 0.25) is 0 Å². The highest BCUT2D eigenvalue weighted by molar-refractivity contribution is 5.72. The minimum absolute atomic E-state index is 0.0324. The van der Waals surface area contributed by atoms with E-state index < -0.39 is 5.82 Å². The molecule has 0 radical (unpaired) electrons. The maximum atomic E-state index is 12.5. The lowest BCUT2D eigenvalue weighted by Gasteiger charge is -1.85. The average molecular weight is 137 g/mol. The van der Waals surface area contributed by atoms with E-state index in [1.165, 1.54) is 18.3 Å². The number of rotatable bonds is 1. The predicted molar refractivity (Wildman–Crippen MR) is 33.0 cm³/mol. The second-order valence-electron chi connectivity index (χ2n) is 1.62. The summed E-state index contributed by atoms with van der Waals surface area (Å²) in [5, 5.41) is 0. The van der Waals surface area contributed by atoms with Gasteiger partial charge in [-0.25, -0.2) is 9.37 Å². The highest BCUT2D eigenvalue weighted by atomic mass is 19.1. The standard InChI is InChI=1S/C6H4FN3/c7-5-2-1-3-9-6(5)4-10-8/h1-4H. The maximum absolute atomic E-state index is 12.5. The first-order chi connectivity index (χ1) is 4.84. The van der Waals surface area contributed by atoms with Crippen molar-refractivity contribution in [2.75, 3.05) is 0 Å². The Hall–Kier alpha value is -1.54. The van der Waals surface area contributed by atoms with Gasteiger partial charge in [0, 0.05) is 6.20 Å². The molecule has 0 fully saturated rings. The van der Waals surface area contributed by atoms with Crippen LogP contribution in [0.5, 0.6) is 0 Å². The fourth-order valence-electron chi connectivity index (χ4n) is 0.548. The average Bonchev–Trinajstić information content (AvgIpc) is 1.94. The fraction of sp³-hybridized carbons (Fsp3) is 0. The molecule has 0 spiro atoms. The van der Waals surface area contributed by atoms with Crippen molar-refractivity contribution in [1.29, 1.82) is 0 Å². The van der Waals surface area contributed by atoms with Crippen molar-refractivity contribution < 1.29 is 9.18 Å². The number of hydrogen-bond donors (Lipinski definition) is 0. The van der Waals surface area contributed by atoms with E-state index in [4.69, 9.17) is 5.53 Å². The number of nitrogens with zero attached hydrogens (tertiary/aromatic N) is 3. The summed E-state index contributed by atoms with van der Waals surface area (Å²) in [4.78, 5) is 6.22. The van der Waals surface area contributed by atoms with Crippen molar-refractivity contribution in [2.24, 2.45) is 0 Å². The largest absolute Gasteiger partial charge is 0.361 e. The lowest BCUT2D eigenvalue weighted by atomic mass is 10.3. The molecule has 1 heterocycles. The molecule has 0 saturated heterocycles. The molecule has 3 nitrogen and oxygen atoms in total. The summed E-state index contributed by atoms with van der Waals surface area (Å²) < 4.78 is 12.5. The third-order valence-electron chi connectivity index (χ3n) is 0.967. The van der Waals surface area contributed by atoms with Crippen molar-refractivity contribution in [3.05, 3.63) is 35.4 Å². The molecule has 0 amide bonds. The van der Waals surface area contributed by atoms with Gasteiger partial charge in [-0.1, -0.05) is 0 Å². The zero-order chi connectivity index (χ0) is 7.40. The molecule has 4 heteroatoms. The molecule has 0 aliphatic rings. The lowest BCUT2D eigenvalue weighted by Crippen LogP contribution is -1.91. The van der Waals surface area contributed by atoms with Gasteiger partial charge in [0.2, 0.25) is 0 Å². The van der Waals surface area contributed by atoms with E-state index in [-0.39, 0.29) is 5.69 Å². The van der Waals surface area contributed by atoms with Crippen molar-refractivity contribution in [1.82, 2.24) is 4.98 Å². The quantitative estimate of drug-likeness (QED) is 0.322. The third kappa shape index (κ3) is 1.24. The molecule has 0 aliphatic carbocycles. The summed E-state index contributed by atoms with van der Waals surface area (Å²) in [5.41, 5.74) is 8.04. The summed E-state index contributed by atoms with van der Waals surface area (Å²) in [7, 11) is 0. The van der Waals surface area contributed by atoms with Gasteiger partial charge < -0.3 is 5.53 Å². The molecule has 0 bridgehead atoms. The number of aromatic nitrogens is 1. The van der Waals surface area contributed by atoms with Gasteiger partial charge in [0.05, 0.1) is 0 Å². The van der Waals surface area contributed by atoms with Gasteiger partial charge in [-0.3, -0.25) is 0 Å². The van der Waals surface area contributed by atoms with E-state index in [1.807, 2.05) is 0 Å². The molecule has 0 atom stereocenters. The minimum atomic E-state index is -0.500. The molecule has 0 unspecified atom stereocenters. The number of hydrogen-bond acceptors (Lipinski definition) is 1. The Kier molecular flexibility index (Phi) is 1.87. The molecule has 1 aromatic rings. The van der Waals surface area contributed by atoms with Crippen LogP contribution in [0.1, 0.15) is 5.69 Å². The van der Waals surface area contributed by atoms with E-state index in [9.17, 15) is 4.39 Å².